The molecular weight excluding hydrogens is 263 g/mol. The van der Waals surface area contributed by atoms with Crippen molar-refractivity contribution >= 4 is 5.97 Å². The number of ether oxygens (including phenoxy) is 1. The molecule has 1 atom stereocenters. The minimum atomic E-state index is -0.902. The smallest absolute Gasteiger partial charge is 0.306 e. The second-order valence-corrected chi connectivity index (χ2v) is 4.74. The van der Waals surface area contributed by atoms with Gasteiger partial charge in [0, 0.05) is 19.6 Å². The summed E-state index contributed by atoms with van der Waals surface area (Å²) in [6.45, 7) is 1.96. The molecule has 1 saturated heterocycles. The molecule has 106 valence electrons. The van der Waals surface area contributed by atoms with Gasteiger partial charge in [0.05, 0.1) is 30.8 Å². The van der Waals surface area contributed by atoms with Crippen LogP contribution in [0.15, 0.2) is 18.2 Å². The third kappa shape index (κ3) is 3.76. The van der Waals surface area contributed by atoms with Gasteiger partial charge in [0.15, 0.2) is 0 Å². The van der Waals surface area contributed by atoms with Crippen molar-refractivity contribution in [1.82, 2.24) is 4.90 Å². The van der Waals surface area contributed by atoms with Crippen LogP contribution in [0.25, 0.3) is 0 Å². The number of benzene rings is 1. The van der Waals surface area contributed by atoms with Crippen LogP contribution in [-0.4, -0.2) is 41.8 Å². The zero-order valence-corrected chi connectivity index (χ0v) is 10.9. The van der Waals surface area contributed by atoms with Crippen LogP contribution in [0.1, 0.15) is 17.5 Å². The highest BCUT2D eigenvalue weighted by atomic mass is 19.1. The van der Waals surface area contributed by atoms with E-state index in [1.807, 2.05) is 11.0 Å². The van der Waals surface area contributed by atoms with Crippen LogP contribution in [0.5, 0.6) is 0 Å². The number of halogens is 1. The normalized spacial score (nSPS) is 19.5. The Balaban J connectivity index is 2.04. The molecule has 1 unspecified atom stereocenters. The molecule has 20 heavy (non-hydrogen) atoms. The van der Waals surface area contributed by atoms with Crippen molar-refractivity contribution in [2.45, 2.75) is 19.1 Å². The minimum Gasteiger partial charge on any atom is -0.481 e. The van der Waals surface area contributed by atoms with E-state index in [1.54, 1.807) is 0 Å². The van der Waals surface area contributed by atoms with E-state index >= 15 is 0 Å². The third-order valence-corrected chi connectivity index (χ3v) is 3.21. The quantitative estimate of drug-likeness (QED) is 0.900. The van der Waals surface area contributed by atoms with Gasteiger partial charge in [-0.3, -0.25) is 9.69 Å². The van der Waals surface area contributed by atoms with Gasteiger partial charge in [0.1, 0.15) is 5.82 Å². The van der Waals surface area contributed by atoms with Gasteiger partial charge in [-0.2, -0.15) is 5.26 Å². The summed E-state index contributed by atoms with van der Waals surface area (Å²) < 4.78 is 18.6. The molecule has 0 aromatic heterocycles. The standard InChI is InChI=1S/C14H15FN2O3/c15-12-2-1-10(7-16)11(5-12)8-17-3-4-20-13(9-17)6-14(18)19/h1-2,5,13H,3-4,6,8-9H2,(H,18,19). The van der Waals surface area contributed by atoms with Crippen LogP contribution in [0.4, 0.5) is 4.39 Å². The molecule has 0 bridgehead atoms. The molecule has 0 spiro atoms. The summed E-state index contributed by atoms with van der Waals surface area (Å²) in [6.07, 6.45) is -0.412. The average molecular weight is 278 g/mol. The summed E-state index contributed by atoms with van der Waals surface area (Å²) in [4.78, 5) is 12.7. The van der Waals surface area contributed by atoms with Crippen molar-refractivity contribution in [1.29, 1.82) is 5.26 Å². The monoisotopic (exact) mass is 278 g/mol. The van der Waals surface area contributed by atoms with Crippen LogP contribution in [-0.2, 0) is 16.1 Å². The van der Waals surface area contributed by atoms with Gasteiger partial charge in [-0.25, -0.2) is 4.39 Å². The largest absolute Gasteiger partial charge is 0.481 e. The highest BCUT2D eigenvalue weighted by Gasteiger charge is 2.23. The molecule has 0 amide bonds. The lowest BCUT2D eigenvalue weighted by molar-refractivity contribution is -0.142. The van der Waals surface area contributed by atoms with E-state index in [-0.39, 0.29) is 18.3 Å². The van der Waals surface area contributed by atoms with E-state index in [1.165, 1.54) is 18.2 Å². The fourth-order valence-electron chi connectivity index (χ4n) is 2.29. The molecule has 5 nitrogen and oxygen atoms in total. The fraction of sp³-hybridized carbons (Fsp3) is 0.429. The first kappa shape index (κ1) is 14.4. The third-order valence-electron chi connectivity index (χ3n) is 3.21. The molecule has 1 aromatic carbocycles. The van der Waals surface area contributed by atoms with Gasteiger partial charge < -0.3 is 9.84 Å². The topological polar surface area (TPSA) is 73.6 Å². The Morgan fingerprint density at radius 3 is 3.10 bits per heavy atom. The lowest BCUT2D eigenvalue weighted by Gasteiger charge is -2.32. The van der Waals surface area contributed by atoms with E-state index in [0.29, 0.717) is 37.4 Å². The maximum Gasteiger partial charge on any atom is 0.306 e. The highest BCUT2D eigenvalue weighted by molar-refractivity contribution is 5.67. The van der Waals surface area contributed by atoms with Crippen LogP contribution in [0.2, 0.25) is 0 Å². The zero-order chi connectivity index (χ0) is 14.5. The Kier molecular flexibility index (Phi) is 4.66. The van der Waals surface area contributed by atoms with Gasteiger partial charge in [0.25, 0.3) is 0 Å². The van der Waals surface area contributed by atoms with Crippen molar-refractivity contribution in [3.8, 4) is 6.07 Å². The van der Waals surface area contributed by atoms with E-state index in [9.17, 15) is 9.18 Å². The van der Waals surface area contributed by atoms with Crippen LogP contribution in [0, 0.1) is 17.1 Å². The van der Waals surface area contributed by atoms with Crippen molar-refractivity contribution < 1.29 is 19.0 Å². The lowest BCUT2D eigenvalue weighted by Crippen LogP contribution is -2.42. The number of morpholine rings is 1. The van der Waals surface area contributed by atoms with Crippen molar-refractivity contribution in [2.24, 2.45) is 0 Å². The van der Waals surface area contributed by atoms with Crippen molar-refractivity contribution in [2.75, 3.05) is 19.7 Å². The predicted molar refractivity (Wildman–Crippen MR) is 68.4 cm³/mol. The second-order valence-electron chi connectivity index (χ2n) is 4.74. The molecule has 6 heteroatoms. The Bertz CT molecular complexity index is 542. The molecule has 1 aliphatic heterocycles. The first-order valence-electron chi connectivity index (χ1n) is 6.33. The number of rotatable bonds is 4. The highest BCUT2D eigenvalue weighted by Crippen LogP contribution is 2.16. The maximum atomic E-state index is 13.3. The molecule has 1 heterocycles. The minimum absolute atomic E-state index is 0.0508. The number of carbonyl (C=O) groups is 1. The second kappa shape index (κ2) is 6.46. The average Bonchev–Trinajstić information content (AvgIpc) is 2.38. The first-order chi connectivity index (χ1) is 9.58. The van der Waals surface area contributed by atoms with Crippen molar-refractivity contribution in [3.63, 3.8) is 0 Å². The fourth-order valence-corrected chi connectivity index (χ4v) is 2.29. The molecule has 2 rings (SSSR count). The first-order valence-corrected chi connectivity index (χ1v) is 6.33. The molecule has 0 aliphatic carbocycles. The molecular formula is C14H15FN2O3. The number of carboxylic acids is 1. The molecule has 1 aromatic rings. The van der Waals surface area contributed by atoms with Gasteiger partial charge in [-0.1, -0.05) is 0 Å². The number of hydrogen-bond acceptors (Lipinski definition) is 4. The number of carboxylic acid groups (broad SMARTS) is 1. The summed E-state index contributed by atoms with van der Waals surface area (Å²) in [5.74, 6) is -1.28. The Morgan fingerprint density at radius 2 is 2.40 bits per heavy atom. The number of nitriles is 1. The Hall–Kier alpha value is -1.97. The lowest BCUT2D eigenvalue weighted by atomic mass is 10.1. The number of nitrogens with zero attached hydrogens (tertiary/aromatic N) is 2. The molecule has 0 saturated carbocycles. The van der Waals surface area contributed by atoms with Gasteiger partial charge in [0.2, 0.25) is 0 Å². The van der Waals surface area contributed by atoms with Gasteiger partial charge in [-0.15, -0.1) is 0 Å². The number of aliphatic carboxylic acids is 1. The summed E-state index contributed by atoms with van der Waals surface area (Å²) in [7, 11) is 0. The van der Waals surface area contributed by atoms with Crippen LogP contribution < -0.4 is 0 Å². The van der Waals surface area contributed by atoms with Gasteiger partial charge >= 0.3 is 5.97 Å². The van der Waals surface area contributed by atoms with Crippen molar-refractivity contribution in [3.05, 3.63) is 35.1 Å². The molecule has 1 N–H and O–H groups in total. The van der Waals surface area contributed by atoms with Crippen LogP contribution >= 0.6 is 0 Å². The van der Waals surface area contributed by atoms with E-state index in [4.69, 9.17) is 15.1 Å². The van der Waals surface area contributed by atoms with E-state index in [0.717, 1.165) is 0 Å². The van der Waals surface area contributed by atoms with E-state index < -0.39 is 5.97 Å². The molecule has 1 aliphatic rings. The Labute approximate surface area is 116 Å². The van der Waals surface area contributed by atoms with Gasteiger partial charge in [-0.05, 0) is 23.8 Å². The molecule has 0 radical (unpaired) electrons. The predicted octanol–water partition coefficient (Wildman–Crippen LogP) is 1.37. The van der Waals surface area contributed by atoms with Crippen LogP contribution in [0.3, 0.4) is 0 Å². The maximum absolute atomic E-state index is 13.3. The summed E-state index contributed by atoms with van der Waals surface area (Å²) in [6, 6.07) is 6.10. The Morgan fingerprint density at radius 1 is 1.60 bits per heavy atom. The summed E-state index contributed by atoms with van der Waals surface area (Å²) >= 11 is 0. The molecule has 1 fully saturated rings. The van der Waals surface area contributed by atoms with E-state index in [2.05, 4.69) is 0 Å². The zero-order valence-electron chi connectivity index (χ0n) is 10.9. The SMILES string of the molecule is N#Cc1ccc(F)cc1CN1CCOC(CC(=O)O)C1. The summed E-state index contributed by atoms with van der Waals surface area (Å²) in [5.41, 5.74) is 1.05. The number of hydrogen-bond donors (Lipinski definition) is 1. The summed E-state index contributed by atoms with van der Waals surface area (Å²) in [5, 5.41) is 17.8.